The van der Waals surface area contributed by atoms with E-state index in [1.54, 1.807) is 30.5 Å². The molecule has 0 radical (unpaired) electrons. The highest BCUT2D eigenvalue weighted by atomic mass is 35.5. The lowest BCUT2D eigenvalue weighted by atomic mass is 10.2. The van der Waals surface area contributed by atoms with Crippen molar-refractivity contribution in [2.24, 2.45) is 0 Å². The minimum absolute atomic E-state index is 0. The first kappa shape index (κ1) is 29.4. The molecule has 1 fully saturated rings. The molecule has 13 heteroatoms. The highest BCUT2D eigenvalue weighted by molar-refractivity contribution is 7.98. The second-order valence-corrected chi connectivity index (χ2v) is 9.27. The Morgan fingerprint density at radius 3 is 2.55 bits per heavy atom. The van der Waals surface area contributed by atoms with E-state index >= 15 is 0 Å². The van der Waals surface area contributed by atoms with E-state index in [1.165, 1.54) is 30.1 Å². The predicted octanol–water partition coefficient (Wildman–Crippen LogP) is 4.31. The molecule has 0 aliphatic carbocycles. The Labute approximate surface area is 228 Å². The number of benzene rings is 1. The molecule has 8 nitrogen and oxygen atoms in total. The molecule has 0 atom stereocenters. The number of thioether (sulfide) groups is 1. The number of nitrogens with one attached hydrogen (secondary N) is 3. The summed E-state index contributed by atoms with van der Waals surface area (Å²) in [6.07, 6.45) is -1.38. The highest BCUT2D eigenvalue weighted by Gasteiger charge is 2.30. The van der Waals surface area contributed by atoms with Crippen LogP contribution >= 0.6 is 24.2 Å². The Morgan fingerprint density at radius 1 is 1.00 bits per heavy atom. The summed E-state index contributed by atoms with van der Waals surface area (Å²) < 4.78 is 39.0. The maximum atomic E-state index is 13.0. The molecule has 1 aromatic carbocycles. The molecule has 3 heterocycles. The van der Waals surface area contributed by atoms with Gasteiger partial charge in [-0.15, -0.1) is 24.2 Å². The minimum Gasteiger partial charge on any atom is -0.322 e. The van der Waals surface area contributed by atoms with Gasteiger partial charge in [-0.25, -0.2) is 9.97 Å². The molecule has 3 aromatic rings. The second kappa shape index (κ2) is 13.6. The topological polar surface area (TPSA) is 99.3 Å². The van der Waals surface area contributed by atoms with Crippen LogP contribution in [0.3, 0.4) is 0 Å². The summed E-state index contributed by atoms with van der Waals surface area (Å²) in [5, 5.41) is 9.00. The smallest absolute Gasteiger partial charge is 0.322 e. The predicted molar refractivity (Wildman–Crippen MR) is 143 cm³/mol. The van der Waals surface area contributed by atoms with Crippen molar-refractivity contribution in [2.75, 3.05) is 43.4 Å². The third-order valence-corrected chi connectivity index (χ3v) is 6.58. The number of nitrogens with zero attached hydrogens (tertiary/aromatic N) is 3. The van der Waals surface area contributed by atoms with Gasteiger partial charge in [-0.2, -0.15) is 13.2 Å². The second-order valence-electron chi connectivity index (χ2n) is 8.30. The van der Waals surface area contributed by atoms with Crippen molar-refractivity contribution >= 4 is 47.5 Å². The van der Waals surface area contributed by atoms with E-state index < -0.39 is 17.6 Å². The number of rotatable bonds is 8. The average molecular weight is 567 g/mol. The molecule has 3 N–H and O–H groups in total. The first-order valence-corrected chi connectivity index (χ1v) is 12.5. The van der Waals surface area contributed by atoms with Crippen molar-refractivity contribution in [1.29, 1.82) is 0 Å². The van der Waals surface area contributed by atoms with Crippen molar-refractivity contribution in [3.8, 4) is 0 Å². The summed E-state index contributed by atoms with van der Waals surface area (Å²) in [6, 6.07) is 11.2. The van der Waals surface area contributed by atoms with Crippen LogP contribution in [-0.2, 0) is 16.7 Å². The van der Waals surface area contributed by atoms with Gasteiger partial charge in [0.15, 0.2) is 0 Å². The molecule has 4 rings (SSSR count). The van der Waals surface area contributed by atoms with Crippen molar-refractivity contribution in [1.82, 2.24) is 20.2 Å². The molecule has 38 heavy (non-hydrogen) atoms. The lowest BCUT2D eigenvalue weighted by molar-refractivity contribution is -0.137. The maximum Gasteiger partial charge on any atom is 0.416 e. The van der Waals surface area contributed by atoms with Gasteiger partial charge in [-0.1, -0.05) is 6.07 Å². The van der Waals surface area contributed by atoms with Crippen LogP contribution in [0.4, 0.5) is 24.7 Å². The molecular formula is C25H26ClF3N6O2S. The van der Waals surface area contributed by atoms with Crippen LogP contribution in [0, 0.1) is 0 Å². The van der Waals surface area contributed by atoms with Gasteiger partial charge in [0, 0.05) is 50.0 Å². The molecule has 1 aliphatic rings. The van der Waals surface area contributed by atoms with Crippen LogP contribution in [0.25, 0.3) is 0 Å². The van der Waals surface area contributed by atoms with Crippen molar-refractivity contribution in [3.63, 3.8) is 0 Å². The fraction of sp³-hybridized carbons (Fsp3) is 0.280. The lowest BCUT2D eigenvalue weighted by Crippen LogP contribution is -2.46. The first-order valence-electron chi connectivity index (χ1n) is 11.5. The molecule has 1 saturated heterocycles. The monoisotopic (exact) mass is 566 g/mol. The summed E-state index contributed by atoms with van der Waals surface area (Å²) in [7, 11) is 0. The number of anilines is 2. The number of amides is 2. The van der Waals surface area contributed by atoms with E-state index in [2.05, 4.69) is 30.8 Å². The van der Waals surface area contributed by atoms with Gasteiger partial charge >= 0.3 is 6.18 Å². The number of hydrogen-bond donors (Lipinski definition) is 3. The Kier molecular flexibility index (Phi) is 10.5. The number of alkyl halides is 3. The van der Waals surface area contributed by atoms with Gasteiger partial charge in [-0.05, 0) is 48.0 Å². The van der Waals surface area contributed by atoms with E-state index in [-0.39, 0.29) is 29.6 Å². The quantitative estimate of drug-likeness (QED) is 0.350. The van der Waals surface area contributed by atoms with Gasteiger partial charge in [-0.3, -0.25) is 14.5 Å². The number of aromatic nitrogens is 2. The van der Waals surface area contributed by atoms with Crippen LogP contribution in [0.5, 0.6) is 0 Å². The largest absolute Gasteiger partial charge is 0.416 e. The Morgan fingerprint density at radius 2 is 1.79 bits per heavy atom. The van der Waals surface area contributed by atoms with Crippen molar-refractivity contribution in [2.45, 2.75) is 17.0 Å². The van der Waals surface area contributed by atoms with Crippen LogP contribution in [0.15, 0.2) is 66.0 Å². The summed E-state index contributed by atoms with van der Waals surface area (Å²) in [4.78, 5) is 35.8. The molecule has 2 aromatic heterocycles. The average Bonchev–Trinajstić information content (AvgIpc) is 2.88. The maximum absolute atomic E-state index is 13.0. The number of carbonyl (C=O) groups excluding carboxylic acids is 2. The Balaban J connectivity index is 0.00000400. The fourth-order valence-corrected chi connectivity index (χ4v) is 4.62. The van der Waals surface area contributed by atoms with Crippen molar-refractivity contribution in [3.05, 3.63) is 77.6 Å². The van der Waals surface area contributed by atoms with Crippen LogP contribution in [-0.4, -0.2) is 59.4 Å². The van der Waals surface area contributed by atoms with Crippen LogP contribution < -0.4 is 16.0 Å². The van der Waals surface area contributed by atoms with Gasteiger partial charge < -0.3 is 16.0 Å². The number of pyridine rings is 2. The highest BCUT2D eigenvalue weighted by Crippen LogP contribution is 2.31. The van der Waals surface area contributed by atoms with E-state index in [4.69, 9.17) is 0 Å². The summed E-state index contributed by atoms with van der Waals surface area (Å²) in [5.74, 6) is 0.161. The van der Waals surface area contributed by atoms with Gasteiger partial charge in [0.05, 0.1) is 17.7 Å². The summed E-state index contributed by atoms with van der Waals surface area (Å²) in [5.41, 5.74) is 0.283. The lowest BCUT2D eigenvalue weighted by Gasteiger charge is -2.26. The van der Waals surface area contributed by atoms with E-state index in [0.717, 1.165) is 43.9 Å². The molecule has 1 aliphatic heterocycles. The molecule has 0 unspecified atom stereocenters. The molecule has 0 spiro atoms. The molecular weight excluding hydrogens is 541 g/mol. The first-order chi connectivity index (χ1) is 17.8. The summed E-state index contributed by atoms with van der Waals surface area (Å²) >= 11 is 1.29. The zero-order valence-electron chi connectivity index (χ0n) is 20.1. The third-order valence-electron chi connectivity index (χ3n) is 5.51. The minimum atomic E-state index is -4.51. The SMILES string of the molecule is Cl.O=C(CN1CCNCC1)Nc1cc(CSc2ncccc2C(=O)Nc2cccc(C(F)(F)F)c2)ccn1. The normalized spacial score (nSPS) is 13.9. The molecule has 202 valence electrons. The van der Waals surface area contributed by atoms with Gasteiger partial charge in [0.25, 0.3) is 5.91 Å². The number of hydrogen-bond acceptors (Lipinski definition) is 7. The molecule has 0 saturated carbocycles. The standard InChI is InChI=1S/C25H25F3N6O2S.ClH/c26-25(27,28)18-3-1-4-19(14-18)32-23(36)20-5-2-7-31-24(20)37-16-17-6-8-30-21(13-17)33-22(35)15-34-11-9-29-10-12-34;/h1-8,13-14,29H,9-12,15-16H2,(H,32,36)(H,30,33,35);1H. The van der Waals surface area contributed by atoms with Gasteiger partial charge in [0.1, 0.15) is 10.8 Å². The number of halogens is 4. The summed E-state index contributed by atoms with van der Waals surface area (Å²) in [6.45, 7) is 3.62. The number of piperazine rings is 1. The zero-order valence-corrected chi connectivity index (χ0v) is 21.8. The van der Waals surface area contributed by atoms with Crippen molar-refractivity contribution < 1.29 is 22.8 Å². The van der Waals surface area contributed by atoms with Crippen LogP contribution in [0.2, 0.25) is 0 Å². The number of carbonyl (C=O) groups is 2. The Hall–Kier alpha value is -3.19. The van der Waals surface area contributed by atoms with Gasteiger partial charge in [0.2, 0.25) is 5.91 Å². The fourth-order valence-electron chi connectivity index (χ4n) is 3.69. The third kappa shape index (κ3) is 8.42. The van der Waals surface area contributed by atoms with E-state index in [0.29, 0.717) is 23.1 Å². The van der Waals surface area contributed by atoms with Crippen LogP contribution in [0.1, 0.15) is 21.5 Å². The van der Waals surface area contributed by atoms with E-state index in [1.807, 2.05) is 0 Å². The van der Waals surface area contributed by atoms with E-state index in [9.17, 15) is 22.8 Å². The zero-order chi connectivity index (χ0) is 26.3. The molecule has 0 bridgehead atoms. The Bertz CT molecular complexity index is 1260. The molecule has 2 amide bonds.